The summed E-state index contributed by atoms with van der Waals surface area (Å²) in [5.41, 5.74) is 1.45. The summed E-state index contributed by atoms with van der Waals surface area (Å²) in [5.74, 6) is 1.03. The summed E-state index contributed by atoms with van der Waals surface area (Å²) in [5, 5.41) is 24.0. The van der Waals surface area contributed by atoms with E-state index < -0.39 is 17.4 Å². The highest BCUT2D eigenvalue weighted by Gasteiger charge is 2.69. The molecule has 0 aromatic heterocycles. The van der Waals surface area contributed by atoms with E-state index in [0.29, 0.717) is 18.3 Å². The van der Waals surface area contributed by atoms with Crippen molar-refractivity contribution in [2.45, 2.75) is 131 Å². The number of aliphatic hydroxyl groups is 1. The lowest BCUT2D eigenvalue weighted by Gasteiger charge is -2.71. The maximum Gasteiger partial charge on any atom is 0.326 e. The molecule has 6 heteroatoms. The Morgan fingerprint density at radius 2 is 1.66 bits per heavy atom. The highest BCUT2D eigenvalue weighted by molar-refractivity contribution is 7.98. The van der Waals surface area contributed by atoms with Crippen LogP contribution in [0.1, 0.15) is 119 Å². The molecule has 3 N–H and O–H groups in total. The molecule has 5 nitrogen and oxygen atoms in total. The zero-order chi connectivity index (χ0) is 30.2. The second kappa shape index (κ2) is 10.3. The Morgan fingerprint density at radius 1 is 0.976 bits per heavy atom. The molecule has 0 aromatic carbocycles. The summed E-state index contributed by atoms with van der Waals surface area (Å²) in [6.07, 6.45) is 14.8. The lowest BCUT2D eigenvalue weighted by Crippen LogP contribution is -2.65. The normalized spacial score (nSPS) is 45.1. The first-order valence-corrected chi connectivity index (χ1v) is 17.8. The van der Waals surface area contributed by atoms with Crippen LogP contribution in [0.25, 0.3) is 0 Å². The number of aliphatic hydroxyl groups excluding tert-OH is 1. The van der Waals surface area contributed by atoms with Crippen molar-refractivity contribution in [3.05, 3.63) is 11.6 Å². The van der Waals surface area contributed by atoms with Gasteiger partial charge in [-0.3, -0.25) is 4.79 Å². The van der Waals surface area contributed by atoms with Crippen molar-refractivity contribution in [3.63, 3.8) is 0 Å². The van der Waals surface area contributed by atoms with Gasteiger partial charge < -0.3 is 15.5 Å². The number of allylic oxidation sites excluding steroid dienone is 2. The number of carbonyl (C=O) groups is 2. The molecule has 0 saturated heterocycles. The van der Waals surface area contributed by atoms with Gasteiger partial charge in [0, 0.05) is 0 Å². The summed E-state index contributed by atoms with van der Waals surface area (Å²) >= 11 is 1.62. The van der Waals surface area contributed by atoms with Gasteiger partial charge >= 0.3 is 5.97 Å². The van der Waals surface area contributed by atoms with Gasteiger partial charge in [0.2, 0.25) is 5.91 Å². The van der Waals surface area contributed by atoms with Crippen molar-refractivity contribution in [1.82, 2.24) is 5.32 Å². The highest BCUT2D eigenvalue weighted by Crippen LogP contribution is 2.75. The van der Waals surface area contributed by atoms with E-state index in [-0.39, 0.29) is 45.0 Å². The zero-order valence-electron chi connectivity index (χ0n) is 27.1. The predicted molar refractivity (Wildman–Crippen MR) is 168 cm³/mol. The lowest BCUT2D eigenvalue weighted by molar-refractivity contribution is -0.203. The quantitative estimate of drug-likeness (QED) is 0.281. The first-order valence-electron chi connectivity index (χ1n) is 16.4. The highest BCUT2D eigenvalue weighted by atomic mass is 32.2. The molecule has 4 fully saturated rings. The van der Waals surface area contributed by atoms with E-state index in [1.54, 1.807) is 11.8 Å². The lowest BCUT2D eigenvalue weighted by atomic mass is 9.33. The standard InChI is InChI=1S/C35H57NO4S/c1-30(2)16-18-35(29(40)36-24(28(38)39)13-20-41-8)19-17-33(6)22(23(35)21-30)9-10-26-32(5)14-12-27(37)31(3,4)25(32)11-15-34(26,33)7/h9,23-27,37H,10-21H2,1-8H3,(H,36,40)(H,38,39)/t23-,24-,25-,26+,27-,32-,33+,34+,35-/m0/s1. The molecule has 5 aliphatic rings. The van der Waals surface area contributed by atoms with E-state index in [2.05, 4.69) is 59.9 Å². The number of carbonyl (C=O) groups excluding carboxylic acids is 1. The minimum absolute atomic E-state index is 0.0135. The van der Waals surface area contributed by atoms with Gasteiger partial charge in [-0.05, 0) is 127 Å². The third-order valence-electron chi connectivity index (χ3n) is 14.3. The minimum atomic E-state index is -0.921. The molecule has 0 aliphatic heterocycles. The average Bonchev–Trinajstić information content (AvgIpc) is 2.88. The first kappa shape index (κ1) is 31.4. The van der Waals surface area contributed by atoms with E-state index in [1.165, 1.54) is 12.0 Å². The Labute approximate surface area is 253 Å². The Hall–Kier alpha value is -1.01. The van der Waals surface area contributed by atoms with Crippen LogP contribution in [-0.4, -0.2) is 46.2 Å². The minimum Gasteiger partial charge on any atom is -0.480 e. The van der Waals surface area contributed by atoms with Gasteiger partial charge in [-0.15, -0.1) is 0 Å². The molecular weight excluding hydrogens is 530 g/mol. The molecular formula is C35H57NO4S. The van der Waals surface area contributed by atoms with Gasteiger partial charge in [0.05, 0.1) is 11.5 Å². The fourth-order valence-electron chi connectivity index (χ4n) is 11.4. The smallest absolute Gasteiger partial charge is 0.326 e. The summed E-state index contributed by atoms with van der Waals surface area (Å²) in [7, 11) is 0. The van der Waals surface area contributed by atoms with Crippen LogP contribution in [0.5, 0.6) is 0 Å². The van der Waals surface area contributed by atoms with Crippen LogP contribution in [0.4, 0.5) is 0 Å². The number of rotatable bonds is 6. The monoisotopic (exact) mass is 587 g/mol. The molecule has 5 rings (SSSR count). The fourth-order valence-corrected chi connectivity index (χ4v) is 11.9. The van der Waals surface area contributed by atoms with Crippen LogP contribution < -0.4 is 5.32 Å². The molecule has 0 heterocycles. The zero-order valence-corrected chi connectivity index (χ0v) is 27.9. The fraction of sp³-hybridized carbons (Fsp3) is 0.886. The molecule has 232 valence electrons. The van der Waals surface area contributed by atoms with Crippen LogP contribution >= 0.6 is 11.8 Å². The van der Waals surface area contributed by atoms with Crippen LogP contribution in [-0.2, 0) is 9.59 Å². The molecule has 0 radical (unpaired) electrons. The van der Waals surface area contributed by atoms with E-state index in [9.17, 15) is 19.8 Å². The van der Waals surface area contributed by atoms with E-state index in [4.69, 9.17) is 0 Å². The number of aliphatic carboxylic acids is 1. The van der Waals surface area contributed by atoms with Crippen LogP contribution in [0.2, 0.25) is 0 Å². The Bertz CT molecular complexity index is 1100. The molecule has 0 bridgehead atoms. The number of amides is 1. The Balaban J connectivity index is 1.53. The number of thioether (sulfide) groups is 1. The Kier molecular flexibility index (Phi) is 7.88. The van der Waals surface area contributed by atoms with Crippen molar-refractivity contribution in [2.24, 2.45) is 50.2 Å². The third kappa shape index (κ3) is 4.57. The maximum absolute atomic E-state index is 14.3. The number of carboxylic acid groups (broad SMARTS) is 1. The largest absolute Gasteiger partial charge is 0.480 e. The summed E-state index contributed by atoms with van der Waals surface area (Å²) in [4.78, 5) is 26.4. The van der Waals surface area contributed by atoms with Crippen LogP contribution in [0.3, 0.4) is 0 Å². The molecule has 0 spiro atoms. The first-order chi connectivity index (χ1) is 19.0. The van der Waals surface area contributed by atoms with E-state index in [0.717, 1.165) is 63.5 Å². The van der Waals surface area contributed by atoms with Crippen molar-refractivity contribution >= 4 is 23.6 Å². The summed E-state index contributed by atoms with van der Waals surface area (Å²) < 4.78 is 0. The second-order valence-electron chi connectivity index (χ2n) is 16.9. The number of hydrogen-bond acceptors (Lipinski definition) is 4. The molecule has 0 unspecified atom stereocenters. The van der Waals surface area contributed by atoms with Gasteiger partial charge in [-0.1, -0.05) is 60.1 Å². The average molecular weight is 588 g/mol. The van der Waals surface area contributed by atoms with Crippen LogP contribution in [0.15, 0.2) is 11.6 Å². The van der Waals surface area contributed by atoms with Crippen molar-refractivity contribution in [2.75, 3.05) is 12.0 Å². The second-order valence-corrected chi connectivity index (χ2v) is 17.9. The van der Waals surface area contributed by atoms with Crippen LogP contribution in [0, 0.1) is 50.2 Å². The number of hydrogen-bond donors (Lipinski definition) is 3. The SMILES string of the molecule is CSCC[C@H](NC(=O)[C@]12CCC(C)(C)C[C@H]1C1=CC[C@@H]3[C@@]4(C)CC[C@H](O)C(C)(C)[C@@H]4CC[C@@]3(C)[C@]1(C)CC2)C(=O)O. The van der Waals surface area contributed by atoms with E-state index >= 15 is 0 Å². The van der Waals surface area contributed by atoms with E-state index in [1.807, 2.05) is 6.26 Å². The molecule has 1 amide bonds. The topological polar surface area (TPSA) is 86.6 Å². The summed E-state index contributed by atoms with van der Waals surface area (Å²) in [6, 6.07) is -0.823. The van der Waals surface area contributed by atoms with Gasteiger partial charge in [-0.2, -0.15) is 11.8 Å². The number of nitrogens with one attached hydrogen (secondary N) is 1. The predicted octanol–water partition coefficient (Wildman–Crippen LogP) is 7.47. The number of carboxylic acids is 1. The van der Waals surface area contributed by atoms with Gasteiger partial charge in [0.15, 0.2) is 0 Å². The van der Waals surface area contributed by atoms with Gasteiger partial charge in [-0.25, -0.2) is 4.79 Å². The molecule has 4 saturated carbocycles. The maximum atomic E-state index is 14.3. The Morgan fingerprint density at radius 3 is 2.32 bits per heavy atom. The molecule has 0 aromatic rings. The van der Waals surface area contributed by atoms with Crippen molar-refractivity contribution in [3.8, 4) is 0 Å². The molecule has 41 heavy (non-hydrogen) atoms. The summed E-state index contributed by atoms with van der Waals surface area (Å²) in [6.45, 7) is 17.0. The van der Waals surface area contributed by atoms with Crippen molar-refractivity contribution < 1.29 is 19.8 Å². The van der Waals surface area contributed by atoms with Gasteiger partial charge in [0.1, 0.15) is 6.04 Å². The van der Waals surface area contributed by atoms with Crippen molar-refractivity contribution in [1.29, 1.82) is 0 Å². The number of fused-ring (bicyclic) bond motifs is 7. The molecule has 5 aliphatic carbocycles. The molecule has 9 atom stereocenters. The van der Waals surface area contributed by atoms with Gasteiger partial charge in [0.25, 0.3) is 0 Å². The third-order valence-corrected chi connectivity index (χ3v) is 14.9.